The lowest BCUT2D eigenvalue weighted by atomic mass is 10.1. The lowest BCUT2D eigenvalue weighted by Crippen LogP contribution is -2.45. The van der Waals surface area contributed by atoms with Gasteiger partial charge in [0.15, 0.2) is 5.69 Å². The molecule has 26 heavy (non-hydrogen) atoms. The maximum Gasteiger partial charge on any atom is 0.274 e. The number of likely N-dealkylation sites (tertiary alicyclic amines) is 1. The zero-order chi connectivity index (χ0) is 18.5. The molecule has 1 atom stereocenters. The molecule has 2 aromatic heterocycles. The summed E-state index contributed by atoms with van der Waals surface area (Å²) in [5, 5.41) is 20.2. The van der Waals surface area contributed by atoms with Crippen LogP contribution in [0.5, 0.6) is 5.75 Å². The Morgan fingerprint density at radius 1 is 1.42 bits per heavy atom. The van der Waals surface area contributed by atoms with E-state index in [1.54, 1.807) is 15.8 Å². The van der Waals surface area contributed by atoms with Crippen LogP contribution in [0.1, 0.15) is 35.1 Å². The van der Waals surface area contributed by atoms with Crippen molar-refractivity contribution in [1.29, 1.82) is 0 Å². The highest BCUT2D eigenvalue weighted by Crippen LogP contribution is 2.20. The van der Waals surface area contributed by atoms with E-state index in [4.69, 9.17) is 5.73 Å². The third-order valence-corrected chi connectivity index (χ3v) is 4.29. The van der Waals surface area contributed by atoms with Crippen LogP contribution in [-0.4, -0.2) is 61.4 Å². The van der Waals surface area contributed by atoms with Gasteiger partial charge in [0.25, 0.3) is 5.91 Å². The second-order valence-corrected chi connectivity index (χ2v) is 6.08. The van der Waals surface area contributed by atoms with Crippen LogP contribution in [-0.2, 0) is 11.3 Å². The summed E-state index contributed by atoms with van der Waals surface area (Å²) in [6, 6.07) is 2.92. The van der Waals surface area contributed by atoms with E-state index in [-0.39, 0.29) is 29.9 Å². The summed E-state index contributed by atoms with van der Waals surface area (Å²) in [4.78, 5) is 30.0. The van der Waals surface area contributed by atoms with Crippen molar-refractivity contribution in [3.8, 4) is 5.75 Å². The molecule has 1 unspecified atom stereocenters. The molecule has 1 aliphatic heterocycles. The highest BCUT2D eigenvalue weighted by Gasteiger charge is 2.26. The van der Waals surface area contributed by atoms with Gasteiger partial charge in [0.2, 0.25) is 5.91 Å². The van der Waals surface area contributed by atoms with Crippen molar-refractivity contribution in [2.24, 2.45) is 5.73 Å². The summed E-state index contributed by atoms with van der Waals surface area (Å²) in [5.41, 5.74) is 6.15. The summed E-state index contributed by atoms with van der Waals surface area (Å²) < 4.78 is 1.74. The number of rotatable bonds is 5. The number of aromatic nitrogens is 4. The van der Waals surface area contributed by atoms with Gasteiger partial charge < -0.3 is 21.1 Å². The summed E-state index contributed by atoms with van der Waals surface area (Å²) in [6.07, 6.45) is 4.93. The molecule has 10 heteroatoms. The minimum atomic E-state index is -0.589. The molecule has 0 aromatic carbocycles. The van der Waals surface area contributed by atoms with Gasteiger partial charge >= 0.3 is 0 Å². The summed E-state index contributed by atoms with van der Waals surface area (Å²) in [5.74, 6) is -1.01. The van der Waals surface area contributed by atoms with E-state index in [9.17, 15) is 14.7 Å². The van der Waals surface area contributed by atoms with Crippen molar-refractivity contribution in [2.45, 2.75) is 25.4 Å². The van der Waals surface area contributed by atoms with Crippen LogP contribution >= 0.6 is 0 Å². The fourth-order valence-corrected chi connectivity index (χ4v) is 2.91. The average Bonchev–Trinajstić information content (AvgIpc) is 3.15. The van der Waals surface area contributed by atoms with Crippen LogP contribution in [0.3, 0.4) is 0 Å². The van der Waals surface area contributed by atoms with Gasteiger partial charge in [-0.15, -0.1) is 5.10 Å². The molecule has 10 nitrogen and oxygen atoms in total. The first-order valence-corrected chi connectivity index (χ1v) is 8.39. The number of nitrogens with zero attached hydrogens (tertiary/aromatic N) is 5. The van der Waals surface area contributed by atoms with Gasteiger partial charge in [-0.3, -0.25) is 9.59 Å². The fourth-order valence-electron chi connectivity index (χ4n) is 2.91. The number of nitrogens with two attached hydrogens (primary N) is 1. The number of piperidine rings is 1. The van der Waals surface area contributed by atoms with E-state index < -0.39 is 5.91 Å². The first-order valence-electron chi connectivity index (χ1n) is 8.39. The van der Waals surface area contributed by atoms with E-state index in [0.29, 0.717) is 25.3 Å². The van der Waals surface area contributed by atoms with Crippen LogP contribution in [0.25, 0.3) is 0 Å². The van der Waals surface area contributed by atoms with Crippen molar-refractivity contribution in [1.82, 2.24) is 30.2 Å². The number of carbonyl (C=O) groups excluding carboxylic acids is 2. The average molecular weight is 359 g/mol. The predicted molar refractivity (Wildman–Crippen MR) is 91.0 cm³/mol. The minimum absolute atomic E-state index is 0.0380. The molecular formula is C16H21N7O3. The fraction of sp³-hybridized carbons (Fsp3) is 0.438. The van der Waals surface area contributed by atoms with Gasteiger partial charge in [0.1, 0.15) is 5.75 Å². The Kier molecular flexibility index (Phi) is 5.42. The van der Waals surface area contributed by atoms with Gasteiger partial charge in [-0.25, -0.2) is 9.67 Å². The molecule has 0 radical (unpaired) electrons. The third kappa shape index (κ3) is 3.97. The predicted octanol–water partition coefficient (Wildman–Crippen LogP) is -0.569. The standard InChI is InChI=1S/C16H21N7O3/c17-7-11-9-23(21-20-11)12-3-2-6-22(10-12)14(25)8-19-16(26)15-13(24)4-1-5-18-15/h1,4-5,9,12,24H,2-3,6-8,10,17H2,(H,19,26). The maximum atomic E-state index is 12.4. The molecule has 3 rings (SSSR count). The van der Waals surface area contributed by atoms with Crippen LogP contribution in [0.4, 0.5) is 0 Å². The third-order valence-electron chi connectivity index (χ3n) is 4.29. The van der Waals surface area contributed by atoms with Crippen LogP contribution < -0.4 is 11.1 Å². The topological polar surface area (TPSA) is 139 Å². The summed E-state index contributed by atoms with van der Waals surface area (Å²) >= 11 is 0. The normalized spacial score (nSPS) is 17.1. The maximum absolute atomic E-state index is 12.4. The van der Waals surface area contributed by atoms with Gasteiger partial charge in [0, 0.05) is 25.8 Å². The Balaban J connectivity index is 1.56. The molecule has 1 fully saturated rings. The molecule has 3 heterocycles. The zero-order valence-corrected chi connectivity index (χ0v) is 14.2. The van der Waals surface area contributed by atoms with Gasteiger partial charge in [-0.1, -0.05) is 5.21 Å². The van der Waals surface area contributed by atoms with E-state index in [0.717, 1.165) is 12.8 Å². The van der Waals surface area contributed by atoms with Gasteiger partial charge in [-0.2, -0.15) is 0 Å². The Morgan fingerprint density at radius 3 is 3.00 bits per heavy atom. The molecule has 0 bridgehead atoms. The Bertz CT molecular complexity index is 792. The molecule has 4 N–H and O–H groups in total. The van der Waals surface area contributed by atoms with Crippen LogP contribution in [0.2, 0.25) is 0 Å². The number of nitrogens with one attached hydrogen (secondary N) is 1. The van der Waals surface area contributed by atoms with E-state index in [2.05, 4.69) is 20.6 Å². The zero-order valence-electron chi connectivity index (χ0n) is 14.2. The van der Waals surface area contributed by atoms with Crippen molar-refractivity contribution in [3.05, 3.63) is 35.9 Å². The smallest absolute Gasteiger partial charge is 0.274 e. The molecule has 0 aliphatic carbocycles. The lowest BCUT2D eigenvalue weighted by molar-refractivity contribution is -0.131. The van der Waals surface area contributed by atoms with Crippen LogP contribution in [0, 0.1) is 0 Å². The first kappa shape index (κ1) is 17.8. The highest BCUT2D eigenvalue weighted by molar-refractivity contribution is 5.96. The van der Waals surface area contributed by atoms with Gasteiger partial charge in [-0.05, 0) is 25.0 Å². The number of carbonyl (C=O) groups is 2. The minimum Gasteiger partial charge on any atom is -0.505 e. The molecule has 138 valence electrons. The summed E-state index contributed by atoms with van der Waals surface area (Å²) in [7, 11) is 0. The number of amides is 2. The second kappa shape index (κ2) is 7.91. The van der Waals surface area contributed by atoms with Gasteiger partial charge in [0.05, 0.1) is 24.5 Å². The Morgan fingerprint density at radius 2 is 2.27 bits per heavy atom. The quantitative estimate of drug-likeness (QED) is 0.649. The SMILES string of the molecule is NCc1cn(C2CCCN(C(=O)CNC(=O)c3ncccc3O)C2)nn1. The number of aromatic hydroxyl groups is 1. The van der Waals surface area contributed by atoms with Crippen molar-refractivity contribution < 1.29 is 14.7 Å². The highest BCUT2D eigenvalue weighted by atomic mass is 16.3. The van der Waals surface area contributed by atoms with Crippen molar-refractivity contribution >= 4 is 11.8 Å². The molecule has 0 spiro atoms. The lowest BCUT2D eigenvalue weighted by Gasteiger charge is -2.32. The number of hydrogen-bond acceptors (Lipinski definition) is 7. The molecule has 0 saturated carbocycles. The monoisotopic (exact) mass is 359 g/mol. The summed E-state index contributed by atoms with van der Waals surface area (Å²) in [6.45, 7) is 1.28. The molecule has 1 saturated heterocycles. The number of hydrogen-bond donors (Lipinski definition) is 3. The molecule has 2 aromatic rings. The molecule has 1 aliphatic rings. The van der Waals surface area contributed by atoms with Crippen molar-refractivity contribution in [2.75, 3.05) is 19.6 Å². The van der Waals surface area contributed by atoms with Crippen molar-refractivity contribution in [3.63, 3.8) is 0 Å². The second-order valence-electron chi connectivity index (χ2n) is 6.08. The Labute approximate surface area is 150 Å². The Hall–Kier alpha value is -3.01. The molecule has 2 amide bonds. The van der Waals surface area contributed by atoms with E-state index in [1.165, 1.54) is 18.3 Å². The van der Waals surface area contributed by atoms with Crippen LogP contribution in [0.15, 0.2) is 24.5 Å². The number of pyridine rings is 1. The largest absolute Gasteiger partial charge is 0.505 e. The first-order chi connectivity index (χ1) is 12.6. The molecular weight excluding hydrogens is 338 g/mol. The van der Waals surface area contributed by atoms with E-state index in [1.807, 2.05) is 0 Å². The van der Waals surface area contributed by atoms with E-state index >= 15 is 0 Å².